The Morgan fingerprint density at radius 3 is 1.92 bits per heavy atom. The van der Waals surface area contributed by atoms with E-state index in [1.54, 1.807) is 14.2 Å². The van der Waals surface area contributed by atoms with Crippen LogP contribution in [0.2, 0.25) is 0 Å². The maximum absolute atomic E-state index is 11.1. The number of ether oxygens (including phenoxy) is 2. The molecule has 0 fully saturated rings. The second-order valence-electron chi connectivity index (χ2n) is 10.3. The van der Waals surface area contributed by atoms with Gasteiger partial charge in [-0.1, -0.05) is 71.4 Å². The molecular formula is C33H46O3. The van der Waals surface area contributed by atoms with Gasteiger partial charge < -0.3 is 14.6 Å². The van der Waals surface area contributed by atoms with Gasteiger partial charge in [0.2, 0.25) is 0 Å². The molecule has 0 spiro atoms. The lowest BCUT2D eigenvalue weighted by molar-refractivity contribution is 0.104. The number of rotatable bonds is 13. The van der Waals surface area contributed by atoms with Gasteiger partial charge in [0.25, 0.3) is 0 Å². The minimum absolute atomic E-state index is 0.657. The van der Waals surface area contributed by atoms with Gasteiger partial charge >= 0.3 is 0 Å². The number of fused-ring (bicyclic) bond motifs is 1. The lowest BCUT2D eigenvalue weighted by Gasteiger charge is -2.20. The summed E-state index contributed by atoms with van der Waals surface area (Å²) in [5.41, 5.74) is 5.24. The van der Waals surface area contributed by atoms with Crippen molar-refractivity contribution in [1.82, 2.24) is 0 Å². The fourth-order valence-electron chi connectivity index (χ4n) is 4.50. The van der Waals surface area contributed by atoms with Gasteiger partial charge in [-0.25, -0.2) is 0 Å². The highest BCUT2D eigenvalue weighted by atomic mass is 16.5. The first-order valence-corrected chi connectivity index (χ1v) is 13.1. The molecule has 2 aromatic carbocycles. The Morgan fingerprint density at radius 2 is 1.36 bits per heavy atom. The Morgan fingerprint density at radius 1 is 0.833 bits per heavy atom. The van der Waals surface area contributed by atoms with Crippen molar-refractivity contribution in [2.75, 3.05) is 14.2 Å². The van der Waals surface area contributed by atoms with E-state index >= 15 is 0 Å². The average Bonchev–Trinajstić information content (AvgIpc) is 2.82. The van der Waals surface area contributed by atoms with Crippen LogP contribution in [0.3, 0.4) is 0 Å². The molecule has 196 valence electrons. The fourth-order valence-corrected chi connectivity index (χ4v) is 4.50. The quantitative estimate of drug-likeness (QED) is 0.284. The van der Waals surface area contributed by atoms with Crippen molar-refractivity contribution in [3.8, 4) is 11.5 Å². The summed E-state index contributed by atoms with van der Waals surface area (Å²) in [5.74, 6) is 1.64. The van der Waals surface area contributed by atoms with Crippen LogP contribution in [0.1, 0.15) is 84.3 Å². The average molecular weight is 491 g/mol. The van der Waals surface area contributed by atoms with Crippen molar-refractivity contribution in [2.45, 2.75) is 85.7 Å². The van der Waals surface area contributed by atoms with Gasteiger partial charge in [0.1, 0.15) is 11.5 Å². The molecule has 3 heteroatoms. The van der Waals surface area contributed by atoms with Crippen molar-refractivity contribution in [3.05, 3.63) is 76.4 Å². The lowest BCUT2D eigenvalue weighted by atomic mass is 9.94. The maximum atomic E-state index is 11.1. The van der Waals surface area contributed by atoms with Crippen molar-refractivity contribution in [1.29, 1.82) is 0 Å². The number of hydrogen-bond donors (Lipinski definition) is 1. The summed E-state index contributed by atoms with van der Waals surface area (Å²) >= 11 is 0. The van der Waals surface area contributed by atoms with Crippen LogP contribution >= 0.6 is 0 Å². The minimum atomic E-state index is -0.922. The van der Waals surface area contributed by atoms with E-state index in [0.29, 0.717) is 6.42 Å². The molecule has 0 radical (unpaired) electrons. The monoisotopic (exact) mass is 490 g/mol. The molecule has 0 saturated carbocycles. The zero-order chi connectivity index (χ0) is 26.7. The summed E-state index contributed by atoms with van der Waals surface area (Å²) in [5, 5.41) is 13.1. The Bertz CT molecular complexity index is 1130. The predicted molar refractivity (Wildman–Crippen MR) is 156 cm³/mol. The molecule has 2 rings (SSSR count). The molecule has 0 amide bonds. The maximum Gasteiger partial charge on any atom is 0.134 e. The molecule has 0 aliphatic carbocycles. The van der Waals surface area contributed by atoms with Gasteiger partial charge in [-0.3, -0.25) is 0 Å². The molecule has 1 N–H and O–H groups in total. The van der Waals surface area contributed by atoms with Gasteiger partial charge in [-0.2, -0.15) is 0 Å². The van der Waals surface area contributed by atoms with E-state index in [1.165, 1.54) is 16.7 Å². The van der Waals surface area contributed by atoms with Crippen LogP contribution in [0.4, 0.5) is 0 Å². The zero-order valence-electron chi connectivity index (χ0n) is 23.7. The molecule has 0 aromatic heterocycles. The summed E-state index contributed by atoms with van der Waals surface area (Å²) in [6, 6.07) is 8.09. The molecule has 36 heavy (non-hydrogen) atoms. The smallest absolute Gasteiger partial charge is 0.134 e. The normalized spacial score (nSPS) is 14.2. The van der Waals surface area contributed by atoms with Gasteiger partial charge in [0, 0.05) is 21.9 Å². The molecule has 0 bridgehead atoms. The minimum Gasteiger partial charge on any atom is -0.496 e. The first kappa shape index (κ1) is 29.5. The third-order valence-electron chi connectivity index (χ3n) is 6.69. The Balaban J connectivity index is 2.03. The third-order valence-corrected chi connectivity index (χ3v) is 6.69. The molecule has 3 nitrogen and oxygen atoms in total. The second-order valence-corrected chi connectivity index (χ2v) is 10.3. The summed E-state index contributed by atoms with van der Waals surface area (Å²) in [6.07, 6.45) is 16.7. The van der Waals surface area contributed by atoms with Crippen LogP contribution in [0.15, 0.2) is 65.3 Å². The number of methoxy groups -OCH3 is 2. The van der Waals surface area contributed by atoms with Crippen LogP contribution in [-0.4, -0.2) is 24.9 Å². The van der Waals surface area contributed by atoms with E-state index in [1.807, 2.05) is 50.3 Å². The SMILES string of the molecule is COc1c(C)c(/C=C/C(C)(O)CC/C=C(\C)CC/C=C(\C)CCC=C(C)C)c(OC)c2ccccc12. The van der Waals surface area contributed by atoms with Gasteiger partial charge in [-0.05, 0) is 80.1 Å². The highest BCUT2D eigenvalue weighted by Gasteiger charge is 2.19. The standard InChI is InChI=1S/C33H46O3/c1-24(2)14-11-15-25(3)16-12-17-26(4)18-13-22-33(6,34)23-21-28-27(5)31(35-7)29-19-9-10-20-30(29)32(28)36-8/h9-10,14,16,18-21,23,34H,11-13,15,17,22H2,1-8H3/b23-21+,25-16+,26-18+. The Labute approximate surface area is 219 Å². The van der Waals surface area contributed by atoms with Crippen LogP contribution in [0, 0.1) is 6.92 Å². The molecule has 1 unspecified atom stereocenters. The van der Waals surface area contributed by atoms with Crippen molar-refractivity contribution < 1.29 is 14.6 Å². The first-order valence-electron chi connectivity index (χ1n) is 13.1. The fraction of sp³-hybridized carbons (Fsp3) is 0.455. The molecule has 0 aliphatic rings. The molecule has 0 aliphatic heterocycles. The zero-order valence-corrected chi connectivity index (χ0v) is 23.7. The van der Waals surface area contributed by atoms with Gasteiger partial charge in [-0.15, -0.1) is 0 Å². The van der Waals surface area contributed by atoms with E-state index in [-0.39, 0.29) is 0 Å². The third kappa shape index (κ3) is 8.71. The van der Waals surface area contributed by atoms with Gasteiger partial charge in [0.05, 0.1) is 19.8 Å². The molecule has 2 aromatic rings. The summed E-state index contributed by atoms with van der Waals surface area (Å²) in [6.45, 7) is 12.6. The lowest BCUT2D eigenvalue weighted by Crippen LogP contribution is -2.20. The summed E-state index contributed by atoms with van der Waals surface area (Å²) in [4.78, 5) is 0. The summed E-state index contributed by atoms with van der Waals surface area (Å²) in [7, 11) is 3.39. The molecule has 1 atom stereocenters. The van der Waals surface area contributed by atoms with Crippen LogP contribution < -0.4 is 9.47 Å². The van der Waals surface area contributed by atoms with E-state index in [4.69, 9.17) is 9.47 Å². The topological polar surface area (TPSA) is 38.7 Å². The van der Waals surface area contributed by atoms with Crippen LogP contribution in [-0.2, 0) is 0 Å². The molecule has 0 saturated heterocycles. The van der Waals surface area contributed by atoms with E-state index in [2.05, 4.69) is 45.9 Å². The summed E-state index contributed by atoms with van der Waals surface area (Å²) < 4.78 is 11.5. The van der Waals surface area contributed by atoms with Crippen molar-refractivity contribution in [2.24, 2.45) is 0 Å². The van der Waals surface area contributed by atoms with Gasteiger partial charge in [0.15, 0.2) is 0 Å². The van der Waals surface area contributed by atoms with Crippen molar-refractivity contribution in [3.63, 3.8) is 0 Å². The van der Waals surface area contributed by atoms with E-state index in [0.717, 1.165) is 65.5 Å². The molecule has 0 heterocycles. The predicted octanol–water partition coefficient (Wildman–Crippen LogP) is 9.13. The first-order chi connectivity index (χ1) is 17.1. The second kappa shape index (κ2) is 14.1. The Kier molecular flexibility index (Phi) is 11.5. The Hall–Kier alpha value is -2.78. The number of hydrogen-bond acceptors (Lipinski definition) is 3. The number of aliphatic hydroxyl groups is 1. The highest BCUT2D eigenvalue weighted by molar-refractivity contribution is 5.98. The molecular weight excluding hydrogens is 444 g/mol. The number of benzene rings is 2. The highest BCUT2D eigenvalue weighted by Crippen LogP contribution is 2.41. The van der Waals surface area contributed by atoms with Crippen molar-refractivity contribution >= 4 is 16.8 Å². The van der Waals surface area contributed by atoms with E-state index in [9.17, 15) is 5.11 Å². The largest absolute Gasteiger partial charge is 0.496 e. The van der Waals surface area contributed by atoms with Crippen LogP contribution in [0.5, 0.6) is 11.5 Å². The van der Waals surface area contributed by atoms with Crippen LogP contribution in [0.25, 0.3) is 16.8 Å². The number of allylic oxidation sites excluding steroid dienone is 6. The van der Waals surface area contributed by atoms with E-state index < -0.39 is 5.60 Å².